The summed E-state index contributed by atoms with van der Waals surface area (Å²) in [7, 11) is -3.41. The second-order valence-corrected chi connectivity index (χ2v) is 8.00. The number of sulfonamides is 1. The van der Waals surface area contributed by atoms with E-state index in [1.807, 2.05) is 18.2 Å². The Kier molecular flexibility index (Phi) is 4.82. The predicted molar refractivity (Wildman–Crippen MR) is 85.1 cm³/mol. The molecule has 2 saturated heterocycles. The maximum absolute atomic E-state index is 12.9. The third kappa shape index (κ3) is 3.20. The second-order valence-electron chi connectivity index (χ2n) is 6.09. The van der Waals surface area contributed by atoms with Crippen molar-refractivity contribution < 1.29 is 13.2 Å². The van der Waals surface area contributed by atoms with Gasteiger partial charge in [0, 0.05) is 32.7 Å². The van der Waals surface area contributed by atoms with Gasteiger partial charge in [-0.15, -0.1) is 0 Å². The van der Waals surface area contributed by atoms with Crippen molar-refractivity contribution in [1.29, 1.82) is 0 Å². The number of likely N-dealkylation sites (tertiary alicyclic amines) is 1. The molecule has 22 heavy (non-hydrogen) atoms. The predicted octanol–water partition coefficient (Wildman–Crippen LogP) is 1.55. The molecule has 6 heteroatoms. The van der Waals surface area contributed by atoms with E-state index in [1.54, 1.807) is 10.4 Å². The van der Waals surface area contributed by atoms with Crippen LogP contribution in [0.1, 0.15) is 18.9 Å². The lowest BCUT2D eigenvalue weighted by molar-refractivity contribution is 0.0727. The fraction of sp³-hybridized carbons (Fsp3) is 0.625. The largest absolute Gasteiger partial charge is 0.379 e. The van der Waals surface area contributed by atoms with E-state index >= 15 is 0 Å². The summed E-state index contributed by atoms with van der Waals surface area (Å²) in [6, 6.07) is 7.40. The Hall–Kier alpha value is -0.950. The molecule has 0 N–H and O–H groups in total. The van der Waals surface area contributed by atoms with Crippen LogP contribution in [0, 0.1) is 5.92 Å². The summed E-state index contributed by atoms with van der Waals surface area (Å²) in [5.74, 6) is 0.767. The highest BCUT2D eigenvalue weighted by atomic mass is 32.2. The van der Waals surface area contributed by atoms with E-state index in [4.69, 9.17) is 4.74 Å². The molecular formula is C16H24N2O3S. The van der Waals surface area contributed by atoms with Gasteiger partial charge in [-0.1, -0.05) is 31.5 Å². The van der Waals surface area contributed by atoms with E-state index in [2.05, 4.69) is 11.8 Å². The van der Waals surface area contributed by atoms with Gasteiger partial charge in [-0.05, 0) is 17.5 Å². The van der Waals surface area contributed by atoms with Crippen LogP contribution in [0.15, 0.2) is 29.2 Å². The van der Waals surface area contributed by atoms with Gasteiger partial charge in [-0.2, -0.15) is 4.31 Å². The first kappa shape index (κ1) is 15.9. The van der Waals surface area contributed by atoms with Crippen molar-refractivity contribution in [1.82, 2.24) is 9.21 Å². The number of rotatable bonds is 5. The Morgan fingerprint density at radius 1 is 1.18 bits per heavy atom. The Labute approximate surface area is 132 Å². The number of hydrogen-bond donors (Lipinski definition) is 0. The summed E-state index contributed by atoms with van der Waals surface area (Å²) in [6.45, 7) is 6.91. The minimum atomic E-state index is -3.41. The molecule has 3 rings (SSSR count). The molecule has 0 bridgehead atoms. The lowest BCUT2D eigenvalue weighted by Gasteiger charge is -2.39. The minimum absolute atomic E-state index is 0.443. The zero-order chi connectivity index (χ0) is 15.6. The minimum Gasteiger partial charge on any atom is -0.379 e. The molecule has 2 aliphatic heterocycles. The van der Waals surface area contributed by atoms with Crippen LogP contribution in [0.2, 0.25) is 0 Å². The highest BCUT2D eigenvalue weighted by Gasteiger charge is 2.30. The molecule has 0 aromatic heterocycles. The average molecular weight is 324 g/mol. The fourth-order valence-corrected chi connectivity index (χ4v) is 4.74. The zero-order valence-corrected chi connectivity index (χ0v) is 13.9. The molecule has 0 spiro atoms. The lowest BCUT2D eigenvalue weighted by atomic mass is 9.97. The summed E-state index contributed by atoms with van der Waals surface area (Å²) in [5.41, 5.74) is 0.906. The van der Waals surface area contributed by atoms with Crippen LogP contribution >= 0.6 is 0 Å². The molecule has 0 radical (unpaired) electrons. The third-order valence-corrected chi connectivity index (χ3v) is 6.56. The van der Waals surface area contributed by atoms with Gasteiger partial charge in [0.1, 0.15) is 0 Å². The van der Waals surface area contributed by atoms with Gasteiger partial charge >= 0.3 is 0 Å². The number of hydrogen-bond acceptors (Lipinski definition) is 4. The third-order valence-electron chi connectivity index (χ3n) is 4.56. The Morgan fingerprint density at radius 3 is 2.55 bits per heavy atom. The van der Waals surface area contributed by atoms with Crippen LogP contribution in [-0.2, 0) is 21.3 Å². The average Bonchev–Trinajstić information content (AvgIpc) is 2.51. The van der Waals surface area contributed by atoms with Crippen molar-refractivity contribution in [3.8, 4) is 0 Å². The molecule has 0 unspecified atom stereocenters. The van der Waals surface area contributed by atoms with E-state index in [1.165, 1.54) is 6.42 Å². The maximum Gasteiger partial charge on any atom is 0.243 e. The van der Waals surface area contributed by atoms with Crippen LogP contribution < -0.4 is 0 Å². The molecule has 2 aliphatic rings. The van der Waals surface area contributed by atoms with E-state index in [0.29, 0.717) is 31.2 Å². The van der Waals surface area contributed by atoms with Gasteiger partial charge in [0.15, 0.2) is 0 Å². The summed E-state index contributed by atoms with van der Waals surface area (Å²) < 4.78 is 32.5. The molecule has 0 aliphatic carbocycles. The lowest BCUT2D eigenvalue weighted by Crippen LogP contribution is -2.46. The SMILES string of the molecule is CCC1CN(Cc2ccccc2S(=O)(=O)N2CCOCC2)C1. The van der Waals surface area contributed by atoms with Crippen LogP contribution in [0.25, 0.3) is 0 Å². The van der Waals surface area contributed by atoms with Gasteiger partial charge in [0.05, 0.1) is 18.1 Å². The van der Waals surface area contributed by atoms with Crippen LogP contribution in [0.4, 0.5) is 0 Å². The van der Waals surface area contributed by atoms with Crippen LogP contribution in [0.5, 0.6) is 0 Å². The van der Waals surface area contributed by atoms with Crippen molar-refractivity contribution in [2.75, 3.05) is 39.4 Å². The van der Waals surface area contributed by atoms with Gasteiger partial charge < -0.3 is 4.74 Å². The van der Waals surface area contributed by atoms with Crippen LogP contribution in [0.3, 0.4) is 0 Å². The Bertz CT molecular complexity index is 606. The van der Waals surface area contributed by atoms with Crippen molar-refractivity contribution in [2.24, 2.45) is 5.92 Å². The smallest absolute Gasteiger partial charge is 0.243 e. The molecule has 0 atom stereocenters. The van der Waals surface area contributed by atoms with Gasteiger partial charge in [0.25, 0.3) is 0 Å². The quantitative estimate of drug-likeness (QED) is 0.824. The molecular weight excluding hydrogens is 300 g/mol. The monoisotopic (exact) mass is 324 g/mol. The maximum atomic E-state index is 12.9. The number of nitrogens with zero attached hydrogens (tertiary/aromatic N) is 2. The number of benzene rings is 1. The standard InChI is InChI=1S/C16H24N2O3S/c1-2-14-11-17(12-14)13-15-5-3-4-6-16(15)22(19,20)18-7-9-21-10-8-18/h3-6,14H,2,7-13H2,1H3. The topological polar surface area (TPSA) is 49.9 Å². The molecule has 122 valence electrons. The zero-order valence-electron chi connectivity index (χ0n) is 13.1. The van der Waals surface area contributed by atoms with Gasteiger partial charge in [-0.25, -0.2) is 8.42 Å². The van der Waals surface area contributed by atoms with E-state index in [0.717, 1.165) is 31.1 Å². The van der Waals surface area contributed by atoms with Crippen molar-refractivity contribution >= 4 is 10.0 Å². The fourth-order valence-electron chi connectivity index (χ4n) is 3.12. The van der Waals surface area contributed by atoms with Crippen molar-refractivity contribution in [2.45, 2.75) is 24.8 Å². The molecule has 0 amide bonds. The second kappa shape index (κ2) is 6.66. The number of morpholine rings is 1. The van der Waals surface area contributed by atoms with Crippen LogP contribution in [-0.4, -0.2) is 57.0 Å². The van der Waals surface area contributed by atoms with E-state index in [9.17, 15) is 8.42 Å². The first-order valence-electron chi connectivity index (χ1n) is 7.99. The molecule has 5 nitrogen and oxygen atoms in total. The van der Waals surface area contributed by atoms with Gasteiger partial charge in [-0.3, -0.25) is 4.90 Å². The first-order chi connectivity index (χ1) is 10.6. The van der Waals surface area contributed by atoms with Crippen molar-refractivity contribution in [3.05, 3.63) is 29.8 Å². The summed E-state index contributed by atoms with van der Waals surface area (Å²) in [4.78, 5) is 2.78. The summed E-state index contributed by atoms with van der Waals surface area (Å²) in [6.07, 6.45) is 1.20. The molecule has 1 aromatic rings. The Balaban J connectivity index is 1.78. The highest BCUT2D eigenvalue weighted by Crippen LogP contribution is 2.26. The molecule has 2 fully saturated rings. The summed E-state index contributed by atoms with van der Waals surface area (Å²) in [5, 5.41) is 0. The normalized spacial score (nSPS) is 21.7. The summed E-state index contributed by atoms with van der Waals surface area (Å²) >= 11 is 0. The van der Waals surface area contributed by atoms with E-state index in [-0.39, 0.29) is 0 Å². The molecule has 2 heterocycles. The highest BCUT2D eigenvalue weighted by molar-refractivity contribution is 7.89. The first-order valence-corrected chi connectivity index (χ1v) is 9.43. The van der Waals surface area contributed by atoms with Crippen molar-refractivity contribution in [3.63, 3.8) is 0 Å². The van der Waals surface area contributed by atoms with Gasteiger partial charge in [0.2, 0.25) is 10.0 Å². The molecule has 0 saturated carbocycles. The van der Waals surface area contributed by atoms with E-state index < -0.39 is 10.0 Å². The Morgan fingerprint density at radius 2 is 1.86 bits per heavy atom. The molecule has 1 aromatic carbocycles. The number of ether oxygens (including phenoxy) is 1.